The summed E-state index contributed by atoms with van der Waals surface area (Å²) in [6.45, 7) is 2.55. The normalized spacial score (nSPS) is 12.2. The second kappa shape index (κ2) is 7.11. The average Bonchev–Trinajstić information content (AvgIpc) is 2.34. The smallest absolute Gasteiger partial charge is 0.318 e. The third-order valence-electron chi connectivity index (χ3n) is 2.95. The van der Waals surface area contributed by atoms with Crippen molar-refractivity contribution in [2.75, 3.05) is 13.6 Å². The van der Waals surface area contributed by atoms with Crippen LogP contribution >= 0.6 is 11.6 Å². The Labute approximate surface area is 117 Å². The number of primary amides is 1. The molecule has 104 valence electrons. The molecular formula is C13H18ClN3O2. The number of nitrogens with zero attached hydrogens (tertiary/aromatic N) is 1. The van der Waals surface area contributed by atoms with Gasteiger partial charge in [-0.15, -0.1) is 0 Å². The number of nitrogens with two attached hydrogens (primary N) is 1. The van der Waals surface area contributed by atoms with Crippen molar-refractivity contribution in [2.24, 2.45) is 5.73 Å². The summed E-state index contributed by atoms with van der Waals surface area (Å²) in [7, 11) is 1.91. The van der Waals surface area contributed by atoms with Gasteiger partial charge in [-0.25, -0.2) is 4.79 Å². The van der Waals surface area contributed by atoms with E-state index >= 15 is 0 Å². The van der Waals surface area contributed by atoms with Crippen LogP contribution in [0.3, 0.4) is 0 Å². The Morgan fingerprint density at radius 3 is 2.74 bits per heavy atom. The molecule has 0 aliphatic carbocycles. The van der Waals surface area contributed by atoms with Crippen LogP contribution in [0, 0.1) is 0 Å². The van der Waals surface area contributed by atoms with Gasteiger partial charge in [0.05, 0.1) is 0 Å². The topological polar surface area (TPSA) is 75.4 Å². The van der Waals surface area contributed by atoms with Crippen LogP contribution in [0.2, 0.25) is 5.02 Å². The molecule has 19 heavy (non-hydrogen) atoms. The highest BCUT2D eigenvalue weighted by molar-refractivity contribution is 6.30. The van der Waals surface area contributed by atoms with Gasteiger partial charge in [0.15, 0.2) is 0 Å². The lowest BCUT2D eigenvalue weighted by Crippen LogP contribution is -2.37. The monoisotopic (exact) mass is 283 g/mol. The lowest BCUT2D eigenvalue weighted by Gasteiger charge is -2.24. The standard InChI is InChI=1S/C13H18ClN3O2/c1-9(10-4-3-5-11(14)8-10)17(2)7-6-12(18)16-13(15)19/h3-5,8-9H,6-7H2,1-2H3,(H3,15,16,18,19)/t9-/m1/s1. The molecule has 6 heteroatoms. The average molecular weight is 284 g/mol. The van der Waals surface area contributed by atoms with Crippen molar-refractivity contribution < 1.29 is 9.59 Å². The maximum absolute atomic E-state index is 11.3. The van der Waals surface area contributed by atoms with Crippen LogP contribution in [-0.2, 0) is 4.79 Å². The fourth-order valence-corrected chi connectivity index (χ4v) is 1.89. The van der Waals surface area contributed by atoms with E-state index in [0.29, 0.717) is 11.6 Å². The second-order valence-electron chi connectivity index (χ2n) is 4.37. The molecule has 0 bridgehead atoms. The molecule has 0 saturated carbocycles. The maximum atomic E-state index is 11.3. The highest BCUT2D eigenvalue weighted by Crippen LogP contribution is 2.21. The Morgan fingerprint density at radius 1 is 1.47 bits per heavy atom. The Bertz CT molecular complexity index is 465. The highest BCUT2D eigenvalue weighted by Gasteiger charge is 2.13. The van der Waals surface area contributed by atoms with E-state index in [1.807, 2.05) is 48.5 Å². The molecular weight excluding hydrogens is 266 g/mol. The minimum atomic E-state index is -0.824. The van der Waals surface area contributed by atoms with Crippen LogP contribution < -0.4 is 11.1 Å². The largest absolute Gasteiger partial charge is 0.351 e. The molecule has 1 aromatic carbocycles. The van der Waals surface area contributed by atoms with E-state index in [1.165, 1.54) is 0 Å². The summed E-state index contributed by atoms with van der Waals surface area (Å²) < 4.78 is 0. The number of carbonyl (C=O) groups is 2. The third-order valence-corrected chi connectivity index (χ3v) is 3.18. The van der Waals surface area contributed by atoms with Crippen molar-refractivity contribution in [2.45, 2.75) is 19.4 Å². The van der Waals surface area contributed by atoms with Gasteiger partial charge in [0.1, 0.15) is 0 Å². The predicted molar refractivity (Wildman–Crippen MR) is 74.8 cm³/mol. The highest BCUT2D eigenvalue weighted by atomic mass is 35.5. The van der Waals surface area contributed by atoms with Gasteiger partial charge in [0.2, 0.25) is 5.91 Å². The fourth-order valence-electron chi connectivity index (χ4n) is 1.69. The number of rotatable bonds is 5. The van der Waals surface area contributed by atoms with Crippen LogP contribution in [-0.4, -0.2) is 30.4 Å². The van der Waals surface area contributed by atoms with E-state index in [2.05, 4.69) is 0 Å². The summed E-state index contributed by atoms with van der Waals surface area (Å²) in [6.07, 6.45) is 0.213. The molecule has 0 radical (unpaired) electrons. The van der Waals surface area contributed by atoms with E-state index in [9.17, 15) is 9.59 Å². The van der Waals surface area contributed by atoms with Gasteiger partial charge in [-0.05, 0) is 31.7 Å². The zero-order valence-electron chi connectivity index (χ0n) is 11.0. The van der Waals surface area contributed by atoms with Crippen molar-refractivity contribution in [3.63, 3.8) is 0 Å². The molecule has 3 amide bonds. The van der Waals surface area contributed by atoms with E-state index < -0.39 is 6.03 Å². The summed E-state index contributed by atoms with van der Waals surface area (Å²) in [5.74, 6) is -0.377. The number of hydrogen-bond acceptors (Lipinski definition) is 3. The van der Waals surface area contributed by atoms with Crippen LogP contribution in [0.4, 0.5) is 4.79 Å². The first-order valence-corrected chi connectivity index (χ1v) is 6.33. The number of hydrogen-bond donors (Lipinski definition) is 2. The third kappa shape index (κ3) is 5.28. The quantitative estimate of drug-likeness (QED) is 0.867. The molecule has 3 N–H and O–H groups in total. The Morgan fingerprint density at radius 2 is 2.16 bits per heavy atom. The van der Waals surface area contributed by atoms with Gasteiger partial charge in [-0.3, -0.25) is 15.0 Å². The van der Waals surface area contributed by atoms with E-state index in [-0.39, 0.29) is 18.4 Å². The molecule has 1 atom stereocenters. The lowest BCUT2D eigenvalue weighted by atomic mass is 10.1. The van der Waals surface area contributed by atoms with E-state index in [1.54, 1.807) is 0 Å². The number of amides is 3. The lowest BCUT2D eigenvalue weighted by molar-refractivity contribution is -0.120. The van der Waals surface area contributed by atoms with Crippen molar-refractivity contribution >= 4 is 23.5 Å². The first-order valence-electron chi connectivity index (χ1n) is 5.95. The number of halogens is 1. The van der Waals surface area contributed by atoms with Gasteiger partial charge in [0.25, 0.3) is 0 Å². The Hall–Kier alpha value is -1.59. The Kier molecular flexibility index (Phi) is 5.79. The van der Waals surface area contributed by atoms with Crippen LogP contribution in [0.5, 0.6) is 0 Å². The molecule has 0 aliphatic rings. The van der Waals surface area contributed by atoms with Crippen LogP contribution in [0.1, 0.15) is 24.9 Å². The molecule has 0 aromatic heterocycles. The minimum absolute atomic E-state index is 0.125. The maximum Gasteiger partial charge on any atom is 0.318 e. The summed E-state index contributed by atoms with van der Waals surface area (Å²) in [5.41, 5.74) is 5.94. The van der Waals surface area contributed by atoms with Gasteiger partial charge in [-0.1, -0.05) is 23.7 Å². The van der Waals surface area contributed by atoms with Gasteiger partial charge >= 0.3 is 6.03 Å². The van der Waals surface area contributed by atoms with Crippen LogP contribution in [0.15, 0.2) is 24.3 Å². The summed E-state index contributed by atoms with van der Waals surface area (Å²) in [5, 5.41) is 2.72. The zero-order chi connectivity index (χ0) is 14.4. The summed E-state index contributed by atoms with van der Waals surface area (Å²) in [6, 6.07) is 6.89. The molecule has 0 saturated heterocycles. The SMILES string of the molecule is C[C@H](c1cccc(Cl)c1)N(C)CCC(=O)NC(N)=O. The predicted octanol–water partition coefficient (Wildman–Crippen LogP) is 1.92. The molecule has 1 aromatic rings. The van der Waals surface area contributed by atoms with Crippen LogP contribution in [0.25, 0.3) is 0 Å². The van der Waals surface area contributed by atoms with Gasteiger partial charge in [-0.2, -0.15) is 0 Å². The summed E-state index contributed by atoms with van der Waals surface area (Å²) in [4.78, 5) is 23.8. The number of urea groups is 1. The first-order chi connectivity index (χ1) is 8.90. The molecule has 0 aliphatic heterocycles. The Balaban J connectivity index is 2.51. The zero-order valence-corrected chi connectivity index (χ0v) is 11.8. The van der Waals surface area contributed by atoms with E-state index in [0.717, 1.165) is 5.56 Å². The van der Waals surface area contributed by atoms with Crippen molar-refractivity contribution in [3.8, 4) is 0 Å². The molecule has 5 nitrogen and oxygen atoms in total. The van der Waals surface area contributed by atoms with E-state index in [4.69, 9.17) is 17.3 Å². The first kappa shape index (κ1) is 15.5. The minimum Gasteiger partial charge on any atom is -0.351 e. The number of carbonyl (C=O) groups excluding carboxylic acids is 2. The number of nitrogens with one attached hydrogen (secondary N) is 1. The fraction of sp³-hybridized carbons (Fsp3) is 0.385. The second-order valence-corrected chi connectivity index (χ2v) is 4.81. The number of benzene rings is 1. The van der Waals surface area contributed by atoms with Gasteiger partial charge in [0, 0.05) is 24.0 Å². The molecule has 0 heterocycles. The molecule has 0 spiro atoms. The molecule has 0 fully saturated rings. The van der Waals surface area contributed by atoms with Crippen molar-refractivity contribution in [1.82, 2.24) is 10.2 Å². The van der Waals surface area contributed by atoms with Gasteiger partial charge < -0.3 is 5.73 Å². The van der Waals surface area contributed by atoms with Crippen molar-refractivity contribution in [3.05, 3.63) is 34.9 Å². The number of imide groups is 1. The summed E-state index contributed by atoms with van der Waals surface area (Å²) >= 11 is 5.94. The van der Waals surface area contributed by atoms with Crippen molar-refractivity contribution in [1.29, 1.82) is 0 Å². The molecule has 1 rings (SSSR count). The molecule has 0 unspecified atom stereocenters.